The Bertz CT molecular complexity index is 906. The molecule has 0 saturated heterocycles. The van der Waals surface area contributed by atoms with Crippen molar-refractivity contribution in [3.63, 3.8) is 0 Å². The number of rotatable bonds is 3. The summed E-state index contributed by atoms with van der Waals surface area (Å²) < 4.78 is 13.4. The van der Waals surface area contributed by atoms with Gasteiger partial charge in [0.2, 0.25) is 5.91 Å². The number of fused-ring (bicyclic) bond motifs is 1. The number of carbonyl (C=O) groups is 1. The van der Waals surface area contributed by atoms with Crippen LogP contribution in [0.15, 0.2) is 54.7 Å². The molecule has 0 aliphatic carbocycles. The van der Waals surface area contributed by atoms with Crippen molar-refractivity contribution in [3.8, 4) is 0 Å². The van der Waals surface area contributed by atoms with Crippen LogP contribution in [0.3, 0.4) is 0 Å². The van der Waals surface area contributed by atoms with Gasteiger partial charge in [0.1, 0.15) is 5.82 Å². The third kappa shape index (κ3) is 3.58. The number of aromatic nitrogens is 2. The summed E-state index contributed by atoms with van der Waals surface area (Å²) in [6.07, 6.45) is 4.51. The van der Waals surface area contributed by atoms with Crippen molar-refractivity contribution in [2.45, 2.75) is 6.92 Å². The van der Waals surface area contributed by atoms with Crippen molar-refractivity contribution in [1.29, 1.82) is 0 Å². The summed E-state index contributed by atoms with van der Waals surface area (Å²) in [5.74, 6) is -0.713. The third-order valence-electron chi connectivity index (χ3n) is 3.31. The van der Waals surface area contributed by atoms with Crippen molar-refractivity contribution in [2.24, 2.45) is 0 Å². The molecular weight excluding hydrogens is 293 g/mol. The molecule has 23 heavy (non-hydrogen) atoms. The first-order chi connectivity index (χ1) is 11.1. The van der Waals surface area contributed by atoms with Crippen LogP contribution < -0.4 is 5.32 Å². The van der Waals surface area contributed by atoms with Gasteiger partial charge >= 0.3 is 0 Å². The van der Waals surface area contributed by atoms with Crippen LogP contribution in [-0.2, 0) is 4.79 Å². The average Bonchev–Trinajstić information content (AvgIpc) is 2.56. The lowest BCUT2D eigenvalue weighted by molar-refractivity contribution is -0.111. The molecular formula is C18H14FN3O. The first-order valence-corrected chi connectivity index (χ1v) is 7.09. The van der Waals surface area contributed by atoms with Gasteiger partial charge in [0.15, 0.2) is 0 Å². The summed E-state index contributed by atoms with van der Waals surface area (Å²) in [5.41, 5.74) is 3.08. The summed E-state index contributed by atoms with van der Waals surface area (Å²) in [7, 11) is 0. The number of halogens is 1. The Kier molecular flexibility index (Phi) is 4.10. The zero-order valence-electron chi connectivity index (χ0n) is 12.5. The Morgan fingerprint density at radius 1 is 1.17 bits per heavy atom. The lowest BCUT2D eigenvalue weighted by Gasteiger charge is -2.03. The first-order valence-electron chi connectivity index (χ1n) is 7.09. The van der Waals surface area contributed by atoms with E-state index in [2.05, 4.69) is 15.3 Å². The summed E-state index contributed by atoms with van der Waals surface area (Å²) in [4.78, 5) is 20.5. The van der Waals surface area contributed by atoms with Gasteiger partial charge in [-0.25, -0.2) is 9.37 Å². The molecule has 1 aromatic heterocycles. The van der Waals surface area contributed by atoms with Crippen LogP contribution in [0.1, 0.15) is 11.3 Å². The standard InChI is InChI=1S/C18H14FN3O/c1-12-6-7-13(10-15(12)19)22-18(23)9-8-14-11-20-16-4-2-3-5-17(16)21-14/h2-11H,1H3,(H,22,23)/b9-8+. The highest BCUT2D eigenvalue weighted by Crippen LogP contribution is 2.14. The van der Waals surface area contributed by atoms with E-state index in [4.69, 9.17) is 0 Å². The van der Waals surface area contributed by atoms with Crippen molar-refractivity contribution < 1.29 is 9.18 Å². The fraction of sp³-hybridized carbons (Fsp3) is 0.0556. The highest BCUT2D eigenvalue weighted by Gasteiger charge is 2.02. The second-order valence-corrected chi connectivity index (χ2v) is 5.07. The quantitative estimate of drug-likeness (QED) is 0.750. The maximum atomic E-state index is 13.4. The summed E-state index contributed by atoms with van der Waals surface area (Å²) in [6.45, 7) is 1.67. The van der Waals surface area contributed by atoms with E-state index >= 15 is 0 Å². The molecule has 1 amide bonds. The van der Waals surface area contributed by atoms with Crippen molar-refractivity contribution in [2.75, 3.05) is 5.32 Å². The predicted molar refractivity (Wildman–Crippen MR) is 88.3 cm³/mol. The maximum absolute atomic E-state index is 13.4. The van der Waals surface area contributed by atoms with Crippen LogP contribution in [-0.4, -0.2) is 15.9 Å². The van der Waals surface area contributed by atoms with Crippen LogP contribution in [0.25, 0.3) is 17.1 Å². The molecule has 0 fully saturated rings. The molecule has 0 spiro atoms. The molecule has 5 heteroatoms. The van der Waals surface area contributed by atoms with E-state index in [1.54, 1.807) is 31.3 Å². The monoisotopic (exact) mass is 307 g/mol. The molecule has 3 rings (SSSR count). The molecule has 0 radical (unpaired) electrons. The summed E-state index contributed by atoms with van der Waals surface area (Å²) in [5, 5.41) is 2.60. The van der Waals surface area contributed by atoms with Gasteiger partial charge in [-0.2, -0.15) is 0 Å². The van der Waals surface area contributed by atoms with Gasteiger partial charge in [0, 0.05) is 11.8 Å². The Hall–Kier alpha value is -3.08. The minimum atomic E-state index is -0.358. The number of hydrogen-bond acceptors (Lipinski definition) is 3. The van der Waals surface area contributed by atoms with E-state index in [0.29, 0.717) is 16.9 Å². The zero-order valence-corrected chi connectivity index (χ0v) is 12.5. The molecule has 3 aromatic rings. The molecule has 0 aliphatic rings. The average molecular weight is 307 g/mol. The summed E-state index contributed by atoms with van der Waals surface area (Å²) in [6, 6.07) is 12.0. The topological polar surface area (TPSA) is 54.9 Å². The van der Waals surface area contributed by atoms with Crippen molar-refractivity contribution >= 4 is 28.7 Å². The van der Waals surface area contributed by atoms with E-state index < -0.39 is 0 Å². The van der Waals surface area contributed by atoms with E-state index in [9.17, 15) is 9.18 Å². The number of nitrogens with zero attached hydrogens (tertiary/aromatic N) is 2. The van der Waals surface area contributed by atoms with Gasteiger partial charge in [0.05, 0.1) is 22.9 Å². The van der Waals surface area contributed by atoms with Gasteiger partial charge in [-0.1, -0.05) is 18.2 Å². The Balaban J connectivity index is 1.72. The van der Waals surface area contributed by atoms with Crippen LogP contribution >= 0.6 is 0 Å². The van der Waals surface area contributed by atoms with E-state index in [0.717, 1.165) is 11.0 Å². The normalized spacial score (nSPS) is 11.0. The van der Waals surface area contributed by atoms with Gasteiger partial charge in [0.25, 0.3) is 0 Å². The zero-order chi connectivity index (χ0) is 16.2. The van der Waals surface area contributed by atoms with E-state index in [-0.39, 0.29) is 11.7 Å². The SMILES string of the molecule is Cc1ccc(NC(=O)/C=C/c2cnc3ccccc3n2)cc1F. The van der Waals surface area contributed by atoms with Gasteiger partial charge in [-0.15, -0.1) is 0 Å². The minimum Gasteiger partial charge on any atom is -0.322 e. The molecule has 0 atom stereocenters. The number of benzene rings is 2. The first kappa shape index (κ1) is 14.8. The number of aryl methyl sites for hydroxylation is 1. The van der Waals surface area contributed by atoms with E-state index in [1.807, 2.05) is 24.3 Å². The fourth-order valence-corrected chi connectivity index (χ4v) is 2.07. The highest BCUT2D eigenvalue weighted by molar-refractivity contribution is 6.01. The van der Waals surface area contributed by atoms with Crippen LogP contribution in [0.4, 0.5) is 10.1 Å². The lowest BCUT2D eigenvalue weighted by atomic mass is 10.2. The molecule has 1 heterocycles. The van der Waals surface area contributed by atoms with Crippen LogP contribution in [0.5, 0.6) is 0 Å². The Morgan fingerprint density at radius 2 is 1.96 bits per heavy atom. The molecule has 0 bridgehead atoms. The van der Waals surface area contributed by atoms with Crippen molar-refractivity contribution in [1.82, 2.24) is 9.97 Å². The number of carbonyl (C=O) groups excluding carboxylic acids is 1. The molecule has 0 unspecified atom stereocenters. The second-order valence-electron chi connectivity index (χ2n) is 5.07. The minimum absolute atomic E-state index is 0.354. The van der Waals surface area contributed by atoms with Gasteiger partial charge < -0.3 is 5.32 Å². The fourth-order valence-electron chi connectivity index (χ4n) is 2.07. The Morgan fingerprint density at radius 3 is 2.74 bits per heavy atom. The predicted octanol–water partition coefficient (Wildman–Crippen LogP) is 3.73. The number of anilines is 1. The summed E-state index contributed by atoms with van der Waals surface area (Å²) >= 11 is 0. The largest absolute Gasteiger partial charge is 0.322 e. The number of hydrogen-bond donors (Lipinski definition) is 1. The maximum Gasteiger partial charge on any atom is 0.248 e. The number of nitrogens with one attached hydrogen (secondary N) is 1. The molecule has 1 N–H and O–H groups in total. The molecule has 114 valence electrons. The lowest BCUT2D eigenvalue weighted by Crippen LogP contribution is -2.08. The third-order valence-corrected chi connectivity index (χ3v) is 3.31. The smallest absolute Gasteiger partial charge is 0.248 e. The molecule has 4 nitrogen and oxygen atoms in total. The number of para-hydroxylation sites is 2. The Labute approximate surface area is 132 Å². The molecule has 0 aliphatic heterocycles. The van der Waals surface area contributed by atoms with Gasteiger partial charge in [-0.05, 0) is 42.8 Å². The van der Waals surface area contributed by atoms with Gasteiger partial charge in [-0.3, -0.25) is 9.78 Å². The van der Waals surface area contributed by atoms with Crippen LogP contribution in [0.2, 0.25) is 0 Å². The molecule has 2 aromatic carbocycles. The van der Waals surface area contributed by atoms with Crippen molar-refractivity contribution in [3.05, 3.63) is 71.8 Å². The second kappa shape index (κ2) is 6.36. The highest BCUT2D eigenvalue weighted by atomic mass is 19.1. The molecule has 0 saturated carbocycles. The van der Waals surface area contributed by atoms with E-state index in [1.165, 1.54) is 12.1 Å². The van der Waals surface area contributed by atoms with Crippen LogP contribution in [0, 0.1) is 12.7 Å². The number of amides is 1.